The molecule has 3 N–H and O–H groups in total. The Bertz CT molecular complexity index is 372. The Kier molecular flexibility index (Phi) is 3.63. The van der Waals surface area contributed by atoms with Crippen molar-refractivity contribution in [1.82, 2.24) is 9.88 Å². The number of hydrogen-bond acceptors (Lipinski definition) is 4. The summed E-state index contributed by atoms with van der Waals surface area (Å²) in [6, 6.07) is 3.48. The minimum Gasteiger partial charge on any atom is -0.396 e. The largest absolute Gasteiger partial charge is 0.396 e. The molecule has 1 fully saturated rings. The molecule has 2 heterocycles. The highest BCUT2D eigenvalue weighted by Gasteiger charge is 2.22. The lowest BCUT2D eigenvalue weighted by atomic mass is 10.1. The van der Waals surface area contributed by atoms with Crippen LogP contribution in [-0.4, -0.2) is 34.7 Å². The third kappa shape index (κ3) is 2.64. The van der Waals surface area contributed by atoms with Gasteiger partial charge in [0.05, 0.1) is 10.7 Å². The van der Waals surface area contributed by atoms with Crippen LogP contribution < -0.4 is 5.73 Å². The van der Waals surface area contributed by atoms with Crippen LogP contribution in [0.25, 0.3) is 0 Å². The molecule has 16 heavy (non-hydrogen) atoms. The number of anilines is 1. The average Bonchev–Trinajstić information content (AvgIpc) is 2.71. The van der Waals surface area contributed by atoms with Crippen molar-refractivity contribution in [3.05, 3.63) is 22.8 Å². The van der Waals surface area contributed by atoms with Crippen LogP contribution in [0.15, 0.2) is 12.1 Å². The van der Waals surface area contributed by atoms with Gasteiger partial charge >= 0.3 is 0 Å². The second-order valence-corrected chi connectivity index (χ2v) is 4.64. The van der Waals surface area contributed by atoms with Crippen LogP contribution in [0.1, 0.15) is 12.1 Å². The number of aliphatic hydroxyl groups excluding tert-OH is 1. The summed E-state index contributed by atoms with van der Waals surface area (Å²) in [5.41, 5.74) is 6.45. The first-order chi connectivity index (χ1) is 7.69. The molecule has 5 heteroatoms. The maximum absolute atomic E-state index is 9.06. The van der Waals surface area contributed by atoms with Crippen molar-refractivity contribution < 1.29 is 5.11 Å². The molecule has 0 amide bonds. The minimum atomic E-state index is 0.259. The number of nitrogen functional groups attached to an aromatic ring is 1. The molecule has 0 radical (unpaired) electrons. The first-order valence-corrected chi connectivity index (χ1v) is 5.81. The first-order valence-electron chi connectivity index (χ1n) is 5.43. The van der Waals surface area contributed by atoms with Gasteiger partial charge in [-0.15, -0.1) is 0 Å². The van der Waals surface area contributed by atoms with E-state index in [1.54, 1.807) is 12.1 Å². The zero-order valence-corrected chi connectivity index (χ0v) is 9.82. The highest BCUT2D eigenvalue weighted by Crippen LogP contribution is 2.21. The summed E-state index contributed by atoms with van der Waals surface area (Å²) in [6.45, 7) is 2.86. The van der Waals surface area contributed by atoms with Gasteiger partial charge in [-0.2, -0.15) is 0 Å². The normalized spacial score (nSPS) is 21.5. The van der Waals surface area contributed by atoms with Gasteiger partial charge in [0, 0.05) is 19.7 Å². The van der Waals surface area contributed by atoms with Crippen molar-refractivity contribution in [1.29, 1.82) is 0 Å². The Morgan fingerprint density at radius 3 is 3.06 bits per heavy atom. The Morgan fingerprint density at radius 2 is 2.38 bits per heavy atom. The van der Waals surface area contributed by atoms with Crippen molar-refractivity contribution >= 4 is 17.4 Å². The average molecular weight is 242 g/mol. The van der Waals surface area contributed by atoms with Crippen LogP contribution in [0, 0.1) is 5.92 Å². The van der Waals surface area contributed by atoms with Gasteiger partial charge in [0.2, 0.25) is 0 Å². The van der Waals surface area contributed by atoms with Gasteiger partial charge in [-0.25, -0.2) is 4.98 Å². The van der Waals surface area contributed by atoms with E-state index in [-0.39, 0.29) is 6.61 Å². The summed E-state index contributed by atoms with van der Waals surface area (Å²) in [7, 11) is 0. The van der Waals surface area contributed by atoms with E-state index in [0.29, 0.717) is 23.3 Å². The number of likely N-dealkylation sites (tertiary alicyclic amines) is 1. The molecular weight excluding hydrogens is 226 g/mol. The van der Waals surface area contributed by atoms with Crippen molar-refractivity contribution in [3.63, 3.8) is 0 Å². The molecule has 1 aromatic rings. The van der Waals surface area contributed by atoms with E-state index < -0.39 is 0 Å². The lowest BCUT2D eigenvalue weighted by Gasteiger charge is -2.15. The van der Waals surface area contributed by atoms with Crippen LogP contribution in [0.3, 0.4) is 0 Å². The predicted molar refractivity (Wildman–Crippen MR) is 64.1 cm³/mol. The van der Waals surface area contributed by atoms with Crippen molar-refractivity contribution in [2.24, 2.45) is 5.92 Å². The smallest absolute Gasteiger partial charge is 0.123 e. The zero-order valence-electron chi connectivity index (χ0n) is 9.06. The van der Waals surface area contributed by atoms with Crippen LogP contribution >= 0.6 is 11.6 Å². The van der Waals surface area contributed by atoms with E-state index in [1.807, 2.05) is 0 Å². The topological polar surface area (TPSA) is 62.4 Å². The van der Waals surface area contributed by atoms with Gasteiger partial charge in [0.25, 0.3) is 0 Å². The maximum atomic E-state index is 9.06. The lowest BCUT2D eigenvalue weighted by Crippen LogP contribution is -2.22. The Morgan fingerprint density at radius 1 is 1.56 bits per heavy atom. The highest BCUT2D eigenvalue weighted by molar-refractivity contribution is 6.31. The molecule has 1 unspecified atom stereocenters. The number of halogens is 1. The summed E-state index contributed by atoms with van der Waals surface area (Å²) < 4.78 is 0. The van der Waals surface area contributed by atoms with Crippen molar-refractivity contribution in [3.8, 4) is 0 Å². The molecule has 0 aromatic carbocycles. The van der Waals surface area contributed by atoms with Gasteiger partial charge in [0.1, 0.15) is 5.82 Å². The summed E-state index contributed by atoms with van der Waals surface area (Å²) >= 11 is 6.05. The van der Waals surface area contributed by atoms with E-state index in [2.05, 4.69) is 9.88 Å². The fourth-order valence-corrected chi connectivity index (χ4v) is 2.19. The Labute approximate surface area is 100 Å². The van der Waals surface area contributed by atoms with Crippen LogP contribution in [-0.2, 0) is 6.54 Å². The summed E-state index contributed by atoms with van der Waals surface area (Å²) in [6.07, 6.45) is 1.04. The number of pyridine rings is 1. The number of nitrogens with zero attached hydrogens (tertiary/aromatic N) is 2. The second kappa shape index (κ2) is 4.99. The molecule has 0 bridgehead atoms. The molecule has 1 saturated heterocycles. The monoisotopic (exact) mass is 241 g/mol. The fourth-order valence-electron chi connectivity index (χ4n) is 2.03. The van der Waals surface area contributed by atoms with Gasteiger partial charge in [-0.05, 0) is 31.0 Å². The quantitative estimate of drug-likeness (QED) is 0.833. The third-order valence-electron chi connectivity index (χ3n) is 2.94. The van der Waals surface area contributed by atoms with E-state index in [0.717, 1.165) is 25.2 Å². The van der Waals surface area contributed by atoms with Crippen molar-refractivity contribution in [2.75, 3.05) is 25.4 Å². The minimum absolute atomic E-state index is 0.259. The number of rotatable bonds is 3. The molecule has 0 spiro atoms. The molecule has 0 aliphatic carbocycles. The molecule has 88 valence electrons. The molecular formula is C11H16ClN3O. The van der Waals surface area contributed by atoms with Gasteiger partial charge in [-0.3, -0.25) is 4.90 Å². The molecule has 2 rings (SSSR count). The molecule has 1 atom stereocenters. The lowest BCUT2D eigenvalue weighted by molar-refractivity contribution is 0.219. The van der Waals surface area contributed by atoms with E-state index in [9.17, 15) is 0 Å². The number of hydrogen-bond donors (Lipinski definition) is 2. The van der Waals surface area contributed by atoms with Crippen LogP contribution in [0.4, 0.5) is 5.82 Å². The number of nitrogens with two attached hydrogens (primary N) is 1. The fraction of sp³-hybridized carbons (Fsp3) is 0.545. The predicted octanol–water partition coefficient (Wildman–Crippen LogP) is 1.13. The molecule has 4 nitrogen and oxygen atoms in total. The van der Waals surface area contributed by atoms with Crippen LogP contribution in [0.2, 0.25) is 5.02 Å². The highest BCUT2D eigenvalue weighted by atomic mass is 35.5. The standard InChI is InChI=1S/C11H16ClN3O/c12-9-1-2-11(13)14-10(9)6-15-4-3-8(5-15)7-16/h1-2,8,16H,3-7H2,(H2,13,14). The Balaban J connectivity index is 2.01. The Hall–Kier alpha value is -0.840. The van der Waals surface area contributed by atoms with Gasteiger partial charge in [-0.1, -0.05) is 11.6 Å². The maximum Gasteiger partial charge on any atom is 0.123 e. The van der Waals surface area contributed by atoms with Gasteiger partial charge in [0.15, 0.2) is 0 Å². The molecule has 1 aromatic heterocycles. The number of aromatic nitrogens is 1. The number of aliphatic hydroxyl groups is 1. The zero-order chi connectivity index (χ0) is 11.5. The van der Waals surface area contributed by atoms with E-state index in [1.165, 1.54) is 0 Å². The van der Waals surface area contributed by atoms with Crippen LogP contribution in [0.5, 0.6) is 0 Å². The van der Waals surface area contributed by atoms with E-state index in [4.69, 9.17) is 22.4 Å². The summed E-state index contributed by atoms with van der Waals surface area (Å²) in [4.78, 5) is 6.47. The molecule has 1 aliphatic heterocycles. The first kappa shape index (κ1) is 11.6. The summed E-state index contributed by atoms with van der Waals surface area (Å²) in [5, 5.41) is 9.71. The van der Waals surface area contributed by atoms with Crippen molar-refractivity contribution in [2.45, 2.75) is 13.0 Å². The molecule has 1 aliphatic rings. The van der Waals surface area contributed by atoms with E-state index >= 15 is 0 Å². The third-order valence-corrected chi connectivity index (χ3v) is 3.29. The SMILES string of the molecule is Nc1ccc(Cl)c(CN2CCC(CO)C2)n1. The molecule has 0 saturated carbocycles. The van der Waals surface area contributed by atoms with Gasteiger partial charge < -0.3 is 10.8 Å². The second-order valence-electron chi connectivity index (χ2n) is 4.24. The summed E-state index contributed by atoms with van der Waals surface area (Å²) in [5.74, 6) is 0.886.